The number of nitrogens with two attached hydrogens (primary N) is 1. The van der Waals surface area contributed by atoms with Gasteiger partial charge in [0.15, 0.2) is 0 Å². The highest BCUT2D eigenvalue weighted by Gasteiger charge is 2.53. The minimum Gasteiger partial charge on any atom is -0.318 e. The van der Waals surface area contributed by atoms with Crippen LogP contribution in [0.25, 0.3) is 0 Å². The average Bonchev–Trinajstić information content (AvgIpc) is 2.76. The predicted octanol–water partition coefficient (Wildman–Crippen LogP) is 2.30. The van der Waals surface area contributed by atoms with Gasteiger partial charge in [-0.2, -0.15) is 15.8 Å². The van der Waals surface area contributed by atoms with E-state index in [-0.39, 0.29) is 28.6 Å². The molecule has 0 spiro atoms. The monoisotopic (exact) mass is 335 g/mol. The molecule has 2 heterocycles. The Morgan fingerprint density at radius 3 is 2.44 bits per heavy atom. The maximum absolute atomic E-state index is 9.75. The number of fused-ring (bicyclic) bond motifs is 2. The van der Waals surface area contributed by atoms with E-state index in [1.54, 1.807) is 0 Å². The second-order valence-corrected chi connectivity index (χ2v) is 8.52. The molecule has 6 nitrogen and oxygen atoms in total. The van der Waals surface area contributed by atoms with Crippen LogP contribution < -0.4 is 15.6 Å². The first-order valence-electron chi connectivity index (χ1n) is 8.55. The predicted molar refractivity (Wildman–Crippen MR) is 93.0 cm³/mol. The van der Waals surface area contributed by atoms with Crippen LogP contribution in [0.5, 0.6) is 0 Å². The molecule has 2 atom stereocenters. The van der Waals surface area contributed by atoms with Crippen molar-refractivity contribution in [2.45, 2.75) is 52.5 Å². The summed E-state index contributed by atoms with van der Waals surface area (Å²) >= 11 is 0. The highest BCUT2D eigenvalue weighted by atomic mass is 15.3. The summed E-state index contributed by atoms with van der Waals surface area (Å²) in [7, 11) is 0. The minimum atomic E-state index is -0.00106. The standard InChI is InChI=1S/C19H22N6/c1-18(2)6-12-7-19(3,10-18)11-25(12)17-15(9-22)13(4-5-20)14(8-21)16(23)24-17/h12H,4,6-7,10-11H2,1-3H3,(H2,23,24)/p+1/t12-,19-/m0/s1. The molecule has 3 N–H and O–H groups in total. The molecule has 0 radical (unpaired) electrons. The summed E-state index contributed by atoms with van der Waals surface area (Å²) in [6.45, 7) is 7.74. The van der Waals surface area contributed by atoms with Gasteiger partial charge in [0.05, 0.1) is 25.1 Å². The fourth-order valence-electron chi connectivity index (χ4n) is 5.12. The Hall–Kier alpha value is -2.78. The minimum absolute atomic E-state index is 0.00106. The van der Waals surface area contributed by atoms with Gasteiger partial charge in [0.25, 0.3) is 0 Å². The van der Waals surface area contributed by atoms with E-state index >= 15 is 0 Å². The van der Waals surface area contributed by atoms with Gasteiger partial charge in [0, 0.05) is 11.0 Å². The summed E-state index contributed by atoms with van der Waals surface area (Å²) in [6.07, 6.45) is 3.28. The zero-order valence-corrected chi connectivity index (χ0v) is 15.0. The molecule has 2 aliphatic rings. The van der Waals surface area contributed by atoms with E-state index < -0.39 is 0 Å². The van der Waals surface area contributed by atoms with Gasteiger partial charge in [0.1, 0.15) is 23.3 Å². The molecule has 2 fully saturated rings. The van der Waals surface area contributed by atoms with Crippen LogP contribution in [-0.4, -0.2) is 12.6 Å². The quantitative estimate of drug-likeness (QED) is 0.890. The lowest BCUT2D eigenvalue weighted by molar-refractivity contribution is -0.347. The lowest BCUT2D eigenvalue weighted by Gasteiger charge is -2.38. The van der Waals surface area contributed by atoms with Gasteiger partial charge in [-0.25, -0.2) is 4.98 Å². The molecule has 1 aliphatic carbocycles. The van der Waals surface area contributed by atoms with Crippen LogP contribution in [0.4, 0.5) is 11.6 Å². The Morgan fingerprint density at radius 1 is 1.16 bits per heavy atom. The smallest absolute Gasteiger partial charge is 0.240 e. The van der Waals surface area contributed by atoms with Crippen LogP contribution in [0, 0.1) is 44.8 Å². The van der Waals surface area contributed by atoms with E-state index in [9.17, 15) is 10.5 Å². The van der Waals surface area contributed by atoms with Crippen molar-refractivity contribution in [1.29, 1.82) is 15.8 Å². The molecule has 1 aromatic heterocycles. The zero-order valence-electron chi connectivity index (χ0n) is 15.0. The number of anilines is 2. The third kappa shape index (κ3) is 2.77. The second kappa shape index (κ2) is 5.64. The Bertz CT molecular complexity index is 851. The number of pyridine rings is 1. The van der Waals surface area contributed by atoms with Gasteiger partial charge < -0.3 is 5.73 Å². The van der Waals surface area contributed by atoms with Crippen LogP contribution in [-0.2, 0) is 6.42 Å². The topological polar surface area (TPSA) is 115 Å². The molecule has 6 heteroatoms. The normalized spacial score (nSPS) is 26.6. The fourth-order valence-corrected chi connectivity index (χ4v) is 5.12. The van der Waals surface area contributed by atoms with E-state index in [1.165, 1.54) is 0 Å². The highest BCUT2D eigenvalue weighted by Crippen LogP contribution is 2.53. The average molecular weight is 335 g/mol. The van der Waals surface area contributed by atoms with E-state index in [0.29, 0.717) is 23.0 Å². The molecule has 1 aromatic rings. The number of hydrogen-bond acceptors (Lipinski definition) is 5. The van der Waals surface area contributed by atoms with Crippen molar-refractivity contribution in [2.24, 2.45) is 10.8 Å². The third-order valence-corrected chi connectivity index (χ3v) is 5.54. The molecule has 0 unspecified atom stereocenters. The zero-order chi connectivity index (χ0) is 18.4. The Morgan fingerprint density at radius 2 is 1.84 bits per heavy atom. The number of rotatable bonds is 2. The maximum atomic E-state index is 9.75. The Labute approximate surface area is 148 Å². The lowest BCUT2D eigenvalue weighted by Crippen LogP contribution is -2.38. The number of aromatic amines is 1. The van der Waals surface area contributed by atoms with Gasteiger partial charge in [-0.15, -0.1) is 0 Å². The highest BCUT2D eigenvalue weighted by molar-refractivity contribution is 5.65. The molecule has 3 rings (SSSR count). The van der Waals surface area contributed by atoms with E-state index in [1.807, 2.05) is 6.07 Å². The van der Waals surface area contributed by atoms with E-state index in [4.69, 9.17) is 11.0 Å². The molecule has 2 bridgehead atoms. The number of nitriles is 3. The first-order chi connectivity index (χ1) is 11.7. The first-order valence-corrected chi connectivity index (χ1v) is 8.55. The Balaban J connectivity index is 2.15. The summed E-state index contributed by atoms with van der Waals surface area (Å²) in [5.74, 6) is 0.892. The largest absolute Gasteiger partial charge is 0.318 e. The molecule has 25 heavy (non-hydrogen) atoms. The van der Waals surface area contributed by atoms with Gasteiger partial charge >= 0.3 is 0 Å². The van der Waals surface area contributed by atoms with Crippen molar-refractivity contribution in [3.8, 4) is 18.2 Å². The summed E-state index contributed by atoms with van der Waals surface area (Å²) in [4.78, 5) is 5.34. The van der Waals surface area contributed by atoms with Crippen LogP contribution in [0.2, 0.25) is 0 Å². The van der Waals surface area contributed by atoms with Gasteiger partial charge in [0.2, 0.25) is 11.6 Å². The van der Waals surface area contributed by atoms with Crippen LogP contribution in [0.1, 0.15) is 56.7 Å². The van der Waals surface area contributed by atoms with Crippen molar-refractivity contribution in [2.75, 3.05) is 17.2 Å². The van der Waals surface area contributed by atoms with Crippen molar-refractivity contribution in [3.05, 3.63) is 16.7 Å². The SMILES string of the molecule is CC1(C)C[C@H]2C[C@](C)(CN2c2[nH+]c(N)c(C#N)c(CC#N)c2C#N)C1. The van der Waals surface area contributed by atoms with E-state index in [2.05, 4.69) is 42.8 Å². The lowest BCUT2D eigenvalue weighted by atomic mass is 9.65. The summed E-state index contributed by atoms with van der Waals surface area (Å²) < 4.78 is 0. The number of nitrogens with one attached hydrogen (secondary N) is 1. The number of nitrogen functional groups attached to an aromatic ring is 1. The second-order valence-electron chi connectivity index (χ2n) is 8.52. The molecule has 0 amide bonds. The maximum Gasteiger partial charge on any atom is 0.240 e. The van der Waals surface area contributed by atoms with Crippen molar-refractivity contribution < 1.29 is 4.98 Å². The van der Waals surface area contributed by atoms with Gasteiger partial charge in [-0.1, -0.05) is 20.8 Å². The van der Waals surface area contributed by atoms with Gasteiger partial charge in [-0.3, -0.25) is 4.90 Å². The number of hydrogen-bond donors (Lipinski definition) is 1. The van der Waals surface area contributed by atoms with Crippen molar-refractivity contribution in [3.63, 3.8) is 0 Å². The molecular formula is C19H23N6+. The molecule has 1 saturated heterocycles. The summed E-state index contributed by atoms with van der Waals surface area (Å²) in [6, 6.07) is 6.63. The molecule has 128 valence electrons. The fraction of sp³-hybridized carbons (Fsp3) is 0.579. The summed E-state index contributed by atoms with van der Waals surface area (Å²) in [5.41, 5.74) is 7.53. The van der Waals surface area contributed by atoms with Crippen molar-refractivity contribution in [1.82, 2.24) is 0 Å². The molecule has 0 aromatic carbocycles. The first kappa shape index (κ1) is 17.1. The number of aromatic nitrogens is 1. The van der Waals surface area contributed by atoms with E-state index in [0.717, 1.165) is 25.8 Å². The number of H-pyrrole nitrogens is 1. The molecular weight excluding hydrogens is 312 g/mol. The van der Waals surface area contributed by atoms with Crippen molar-refractivity contribution >= 4 is 11.6 Å². The number of nitrogens with zero attached hydrogens (tertiary/aromatic N) is 4. The van der Waals surface area contributed by atoms with Crippen LogP contribution in [0.3, 0.4) is 0 Å². The molecule has 1 saturated carbocycles. The van der Waals surface area contributed by atoms with Gasteiger partial charge in [-0.05, 0) is 24.7 Å². The van der Waals surface area contributed by atoms with Crippen LogP contribution in [0.15, 0.2) is 0 Å². The summed E-state index contributed by atoms with van der Waals surface area (Å²) in [5, 5.41) is 28.3. The van der Waals surface area contributed by atoms with Crippen LogP contribution >= 0.6 is 0 Å². The molecule has 1 aliphatic heterocycles. The Kier molecular flexibility index (Phi) is 3.85. The third-order valence-electron chi connectivity index (χ3n) is 5.54.